The highest BCUT2D eigenvalue weighted by Crippen LogP contribution is 2.23. The van der Waals surface area contributed by atoms with Gasteiger partial charge in [0, 0.05) is 17.3 Å². The van der Waals surface area contributed by atoms with Gasteiger partial charge in [0.25, 0.3) is 5.91 Å². The van der Waals surface area contributed by atoms with Crippen LogP contribution < -0.4 is 5.32 Å². The molecular weight excluding hydrogens is 375 g/mol. The van der Waals surface area contributed by atoms with Gasteiger partial charge in [-0.25, -0.2) is 9.37 Å². The quantitative estimate of drug-likeness (QED) is 0.529. The first-order valence-electron chi connectivity index (χ1n) is 7.32. The third-order valence-electron chi connectivity index (χ3n) is 3.24. The molecule has 2 aromatic heterocycles. The number of benzene rings is 1. The fourth-order valence-electron chi connectivity index (χ4n) is 2.03. The van der Waals surface area contributed by atoms with Gasteiger partial charge in [-0.1, -0.05) is 17.7 Å². The van der Waals surface area contributed by atoms with E-state index in [2.05, 4.69) is 15.3 Å². The van der Waals surface area contributed by atoms with E-state index >= 15 is 0 Å². The van der Waals surface area contributed by atoms with Crippen LogP contribution in [0.2, 0.25) is 5.02 Å². The lowest BCUT2D eigenvalue weighted by Crippen LogP contribution is -2.13. The number of carbonyl (C=O) groups excluding carboxylic acids is 1. The summed E-state index contributed by atoms with van der Waals surface area (Å²) in [6.45, 7) is 0. The van der Waals surface area contributed by atoms with Crippen LogP contribution in [-0.2, 0) is 4.79 Å². The van der Waals surface area contributed by atoms with E-state index in [1.807, 2.05) is 18.2 Å². The monoisotopic (exact) mass is 384 g/mol. The average molecular weight is 385 g/mol. The van der Waals surface area contributed by atoms with Crippen molar-refractivity contribution < 1.29 is 9.18 Å². The largest absolute Gasteiger partial charge is 0.321 e. The number of thiazole rings is 1. The van der Waals surface area contributed by atoms with Crippen LogP contribution in [0.25, 0.3) is 16.8 Å². The fourth-order valence-corrected chi connectivity index (χ4v) is 2.96. The summed E-state index contributed by atoms with van der Waals surface area (Å²) in [5, 5.41) is 14.0. The first-order chi connectivity index (χ1) is 12.6. The molecule has 26 heavy (non-hydrogen) atoms. The van der Waals surface area contributed by atoms with Crippen LogP contribution in [0.15, 0.2) is 53.5 Å². The second-order valence-corrected chi connectivity index (χ2v) is 6.31. The summed E-state index contributed by atoms with van der Waals surface area (Å²) < 4.78 is 13.2. The third-order valence-corrected chi connectivity index (χ3v) is 4.41. The minimum atomic E-state index is -0.637. The number of nitrogens with zero attached hydrogens (tertiary/aromatic N) is 3. The molecule has 0 saturated heterocycles. The Bertz CT molecular complexity index is 1030. The summed E-state index contributed by atoms with van der Waals surface area (Å²) in [7, 11) is 0. The molecular formula is C18H10ClFN4OS. The van der Waals surface area contributed by atoms with Gasteiger partial charge in [-0.2, -0.15) is 5.26 Å². The summed E-state index contributed by atoms with van der Waals surface area (Å²) in [6, 6.07) is 11.1. The van der Waals surface area contributed by atoms with Gasteiger partial charge in [0.05, 0.1) is 16.4 Å². The molecule has 0 saturated carbocycles. The number of pyridine rings is 1. The minimum absolute atomic E-state index is 0.121. The van der Waals surface area contributed by atoms with Crippen molar-refractivity contribution in [3.05, 3.63) is 70.1 Å². The maximum absolute atomic E-state index is 13.2. The van der Waals surface area contributed by atoms with Crippen LogP contribution in [0.4, 0.5) is 10.1 Å². The van der Waals surface area contributed by atoms with Crippen molar-refractivity contribution in [2.24, 2.45) is 0 Å². The van der Waals surface area contributed by atoms with Gasteiger partial charge < -0.3 is 5.32 Å². The Kier molecular flexibility index (Phi) is 5.37. The standard InChI is InChI=1S/C18H10ClFN4OS/c19-14-8-12(4-5-15(14)20)23-17(25)11(9-21)7-13-10-26-18(24-13)16-3-1-2-6-22-16/h1-8,10H,(H,23,25)/b11-7+. The van der Waals surface area contributed by atoms with E-state index in [0.29, 0.717) is 16.4 Å². The predicted molar refractivity (Wildman–Crippen MR) is 99.0 cm³/mol. The number of halogens is 2. The van der Waals surface area contributed by atoms with E-state index in [9.17, 15) is 14.4 Å². The lowest BCUT2D eigenvalue weighted by atomic mass is 10.2. The molecule has 1 N–H and O–H groups in total. The molecule has 0 aliphatic carbocycles. The molecule has 0 bridgehead atoms. The van der Waals surface area contributed by atoms with Crippen LogP contribution in [0.1, 0.15) is 5.69 Å². The molecule has 0 radical (unpaired) electrons. The number of hydrogen-bond donors (Lipinski definition) is 1. The molecule has 0 fully saturated rings. The number of hydrogen-bond acceptors (Lipinski definition) is 5. The van der Waals surface area contributed by atoms with Gasteiger partial charge in [0.15, 0.2) is 0 Å². The Labute approximate surface area is 157 Å². The van der Waals surface area contributed by atoms with Gasteiger partial charge in [-0.15, -0.1) is 11.3 Å². The zero-order valence-electron chi connectivity index (χ0n) is 13.1. The number of rotatable bonds is 4. The Morgan fingerprint density at radius 2 is 2.19 bits per heavy atom. The number of amides is 1. The van der Waals surface area contributed by atoms with Gasteiger partial charge in [-0.05, 0) is 36.4 Å². The van der Waals surface area contributed by atoms with E-state index in [-0.39, 0.29) is 16.3 Å². The van der Waals surface area contributed by atoms with Crippen LogP contribution in [0.5, 0.6) is 0 Å². The van der Waals surface area contributed by atoms with Crippen molar-refractivity contribution in [1.29, 1.82) is 5.26 Å². The van der Waals surface area contributed by atoms with Crippen molar-refractivity contribution in [2.75, 3.05) is 5.32 Å². The Morgan fingerprint density at radius 1 is 1.35 bits per heavy atom. The lowest BCUT2D eigenvalue weighted by molar-refractivity contribution is -0.112. The molecule has 3 aromatic rings. The second-order valence-electron chi connectivity index (χ2n) is 5.05. The predicted octanol–water partition coefficient (Wildman–Crippen LogP) is 4.54. The van der Waals surface area contributed by atoms with Crippen molar-refractivity contribution in [3.63, 3.8) is 0 Å². The van der Waals surface area contributed by atoms with E-state index in [1.54, 1.807) is 17.6 Å². The van der Waals surface area contributed by atoms with E-state index in [4.69, 9.17) is 11.6 Å². The van der Waals surface area contributed by atoms with Gasteiger partial charge in [0.1, 0.15) is 22.5 Å². The Hall–Kier alpha value is -3.08. The number of anilines is 1. The smallest absolute Gasteiger partial charge is 0.266 e. The Balaban J connectivity index is 1.80. The van der Waals surface area contributed by atoms with Gasteiger partial charge in [0.2, 0.25) is 0 Å². The molecule has 0 unspecified atom stereocenters. The molecule has 1 amide bonds. The SMILES string of the molecule is N#C/C(=C\c1csc(-c2ccccn2)n1)C(=O)Nc1ccc(F)c(Cl)c1. The summed E-state index contributed by atoms with van der Waals surface area (Å²) in [4.78, 5) is 20.8. The molecule has 8 heteroatoms. The highest BCUT2D eigenvalue weighted by Gasteiger charge is 2.12. The van der Waals surface area contributed by atoms with Gasteiger partial charge in [-0.3, -0.25) is 9.78 Å². The number of carbonyl (C=O) groups is 1. The number of nitriles is 1. The molecule has 0 atom stereocenters. The minimum Gasteiger partial charge on any atom is -0.321 e. The van der Waals surface area contributed by atoms with Crippen molar-refractivity contribution in [2.45, 2.75) is 0 Å². The third kappa shape index (κ3) is 4.11. The summed E-state index contributed by atoms with van der Waals surface area (Å²) in [5.74, 6) is -1.23. The lowest BCUT2D eigenvalue weighted by Gasteiger charge is -2.04. The highest BCUT2D eigenvalue weighted by molar-refractivity contribution is 7.13. The topological polar surface area (TPSA) is 78.7 Å². The maximum atomic E-state index is 13.2. The second kappa shape index (κ2) is 7.87. The first-order valence-corrected chi connectivity index (χ1v) is 8.57. The molecule has 0 aliphatic rings. The normalized spacial score (nSPS) is 11.0. The summed E-state index contributed by atoms with van der Waals surface area (Å²) >= 11 is 7.04. The van der Waals surface area contributed by atoms with Gasteiger partial charge >= 0.3 is 0 Å². The molecule has 5 nitrogen and oxygen atoms in total. The summed E-state index contributed by atoms with van der Waals surface area (Å²) in [5.41, 5.74) is 1.33. The van der Waals surface area contributed by atoms with E-state index in [1.165, 1.54) is 29.5 Å². The summed E-state index contributed by atoms with van der Waals surface area (Å²) in [6.07, 6.45) is 3.04. The molecule has 2 heterocycles. The zero-order chi connectivity index (χ0) is 18.5. The first kappa shape index (κ1) is 17.7. The van der Waals surface area contributed by atoms with Crippen molar-refractivity contribution in [3.8, 4) is 16.8 Å². The zero-order valence-corrected chi connectivity index (χ0v) is 14.7. The van der Waals surface area contributed by atoms with Crippen LogP contribution in [0.3, 0.4) is 0 Å². The van der Waals surface area contributed by atoms with Crippen LogP contribution in [-0.4, -0.2) is 15.9 Å². The average Bonchev–Trinajstić information content (AvgIpc) is 3.12. The molecule has 0 aliphatic heterocycles. The van der Waals surface area contributed by atoms with Crippen LogP contribution >= 0.6 is 22.9 Å². The molecule has 1 aromatic carbocycles. The molecule has 0 spiro atoms. The van der Waals surface area contributed by atoms with E-state index < -0.39 is 11.7 Å². The maximum Gasteiger partial charge on any atom is 0.266 e. The van der Waals surface area contributed by atoms with Crippen LogP contribution in [0, 0.1) is 17.1 Å². The van der Waals surface area contributed by atoms with Crippen molar-refractivity contribution in [1.82, 2.24) is 9.97 Å². The number of aromatic nitrogens is 2. The Morgan fingerprint density at radius 3 is 2.88 bits per heavy atom. The highest BCUT2D eigenvalue weighted by atomic mass is 35.5. The van der Waals surface area contributed by atoms with E-state index in [0.717, 1.165) is 6.07 Å². The molecule has 3 rings (SSSR count). The fraction of sp³-hybridized carbons (Fsp3) is 0. The molecule has 128 valence electrons. The van der Waals surface area contributed by atoms with Crippen molar-refractivity contribution >= 4 is 40.6 Å². The number of nitrogens with one attached hydrogen (secondary N) is 1.